The highest BCUT2D eigenvalue weighted by molar-refractivity contribution is 7.80. The summed E-state index contributed by atoms with van der Waals surface area (Å²) < 4.78 is 0. The standard InChI is InChI=1S/C29H36N4OS2/c1-4-20(3)18-30-29(35)33-16-14-23(15-17-33)28-32-26(19-36-28)27(34)31-25-9-7-6-8-24(25)22-12-10-21(5-2)11-13-22/h6-13,19-20,23H,4-5,14-18H2,1-3H3,(H,30,35)(H,31,34). The predicted octanol–water partition coefficient (Wildman–Crippen LogP) is 6.72. The molecule has 2 heterocycles. The Morgan fingerprint density at radius 3 is 2.56 bits per heavy atom. The highest BCUT2D eigenvalue weighted by Crippen LogP contribution is 2.32. The zero-order valence-electron chi connectivity index (χ0n) is 21.4. The Hall–Kier alpha value is -2.77. The molecule has 1 amide bonds. The van der Waals surface area contributed by atoms with Crippen LogP contribution in [0.1, 0.15) is 67.0 Å². The molecule has 2 N–H and O–H groups in total. The summed E-state index contributed by atoms with van der Waals surface area (Å²) >= 11 is 7.19. The number of para-hydroxylation sites is 1. The molecule has 1 aliphatic rings. The lowest BCUT2D eigenvalue weighted by molar-refractivity contribution is 0.102. The fourth-order valence-electron chi connectivity index (χ4n) is 4.38. The van der Waals surface area contributed by atoms with Crippen molar-refractivity contribution in [2.45, 2.75) is 52.4 Å². The number of thiocarbonyl (C=S) groups is 1. The molecule has 0 bridgehead atoms. The number of hydrogen-bond acceptors (Lipinski definition) is 4. The molecule has 1 atom stereocenters. The Morgan fingerprint density at radius 2 is 1.86 bits per heavy atom. The van der Waals surface area contributed by atoms with E-state index >= 15 is 0 Å². The van der Waals surface area contributed by atoms with Crippen molar-refractivity contribution < 1.29 is 4.79 Å². The fourth-order valence-corrected chi connectivity index (χ4v) is 5.61. The van der Waals surface area contributed by atoms with Gasteiger partial charge in [0.05, 0.1) is 5.01 Å². The van der Waals surface area contributed by atoms with Crippen molar-refractivity contribution in [3.8, 4) is 11.1 Å². The maximum absolute atomic E-state index is 13.1. The van der Waals surface area contributed by atoms with Crippen molar-refractivity contribution in [1.82, 2.24) is 15.2 Å². The number of nitrogens with zero attached hydrogens (tertiary/aromatic N) is 2. The molecule has 0 aliphatic carbocycles. The maximum Gasteiger partial charge on any atom is 0.275 e. The second-order valence-electron chi connectivity index (χ2n) is 9.58. The summed E-state index contributed by atoms with van der Waals surface area (Å²) in [6.45, 7) is 9.35. The first-order chi connectivity index (χ1) is 17.5. The first-order valence-electron chi connectivity index (χ1n) is 13.0. The van der Waals surface area contributed by atoms with Crippen LogP contribution in [0.15, 0.2) is 53.9 Å². The fraction of sp³-hybridized carbons (Fsp3) is 0.414. The Balaban J connectivity index is 1.36. The van der Waals surface area contributed by atoms with E-state index < -0.39 is 0 Å². The van der Waals surface area contributed by atoms with E-state index in [2.05, 4.69) is 60.6 Å². The molecule has 3 aromatic rings. The average Bonchev–Trinajstić information content (AvgIpc) is 3.42. The number of aryl methyl sites for hydroxylation is 1. The van der Waals surface area contributed by atoms with Crippen LogP contribution in [0.25, 0.3) is 11.1 Å². The molecule has 5 nitrogen and oxygen atoms in total. The van der Waals surface area contributed by atoms with Gasteiger partial charge in [-0.2, -0.15) is 0 Å². The molecule has 7 heteroatoms. The molecule has 190 valence electrons. The Bertz CT molecular complexity index is 1170. The van der Waals surface area contributed by atoms with Crippen LogP contribution in [0.5, 0.6) is 0 Å². The van der Waals surface area contributed by atoms with Crippen molar-refractivity contribution in [3.63, 3.8) is 0 Å². The SMILES string of the molecule is CCc1ccc(-c2ccccc2NC(=O)c2csc(C3CCN(C(=S)NCC(C)CC)CC3)n2)cc1. The third-order valence-electron chi connectivity index (χ3n) is 7.03. The smallest absolute Gasteiger partial charge is 0.275 e. The van der Waals surface area contributed by atoms with Gasteiger partial charge in [0, 0.05) is 42.2 Å². The van der Waals surface area contributed by atoms with Crippen LogP contribution in [-0.2, 0) is 6.42 Å². The highest BCUT2D eigenvalue weighted by atomic mass is 32.1. The number of anilines is 1. The van der Waals surface area contributed by atoms with Crippen LogP contribution in [0, 0.1) is 5.92 Å². The molecule has 1 fully saturated rings. The molecular weight excluding hydrogens is 484 g/mol. The largest absolute Gasteiger partial charge is 0.362 e. The molecule has 1 saturated heterocycles. The highest BCUT2D eigenvalue weighted by Gasteiger charge is 2.25. The van der Waals surface area contributed by atoms with Crippen LogP contribution < -0.4 is 10.6 Å². The molecule has 1 unspecified atom stereocenters. The average molecular weight is 521 g/mol. The van der Waals surface area contributed by atoms with Crippen LogP contribution in [0.2, 0.25) is 0 Å². The van der Waals surface area contributed by atoms with Crippen molar-refractivity contribution in [2.24, 2.45) is 5.92 Å². The lowest BCUT2D eigenvalue weighted by atomic mass is 9.98. The van der Waals surface area contributed by atoms with E-state index in [9.17, 15) is 4.79 Å². The summed E-state index contributed by atoms with van der Waals surface area (Å²) in [7, 11) is 0. The normalized spacial score (nSPS) is 14.9. The summed E-state index contributed by atoms with van der Waals surface area (Å²) in [5.41, 5.74) is 4.68. The quantitative estimate of drug-likeness (QED) is 0.323. The van der Waals surface area contributed by atoms with Crippen molar-refractivity contribution >= 4 is 40.3 Å². The van der Waals surface area contributed by atoms with Gasteiger partial charge in [-0.1, -0.05) is 69.7 Å². The molecule has 0 saturated carbocycles. The number of hydrogen-bond donors (Lipinski definition) is 2. The number of thiazole rings is 1. The third kappa shape index (κ3) is 6.51. The van der Waals surface area contributed by atoms with Gasteiger partial charge in [0.25, 0.3) is 5.91 Å². The Labute approximate surface area is 224 Å². The number of piperidine rings is 1. The van der Waals surface area contributed by atoms with Crippen LogP contribution >= 0.6 is 23.6 Å². The zero-order chi connectivity index (χ0) is 25.5. The Morgan fingerprint density at radius 1 is 1.14 bits per heavy atom. The molecule has 0 spiro atoms. The molecular formula is C29H36N4OS2. The molecule has 36 heavy (non-hydrogen) atoms. The predicted molar refractivity (Wildman–Crippen MR) is 155 cm³/mol. The second-order valence-corrected chi connectivity index (χ2v) is 10.9. The number of rotatable bonds is 8. The van der Waals surface area contributed by atoms with Crippen LogP contribution in [0.4, 0.5) is 5.69 Å². The summed E-state index contributed by atoms with van der Waals surface area (Å²) in [6, 6.07) is 16.4. The zero-order valence-corrected chi connectivity index (χ0v) is 23.1. The Kier molecular flexibility index (Phi) is 9.10. The molecule has 4 rings (SSSR count). The minimum atomic E-state index is -0.164. The van der Waals surface area contributed by atoms with Gasteiger partial charge in [0.1, 0.15) is 5.69 Å². The number of nitrogens with one attached hydrogen (secondary N) is 2. The van der Waals surface area contributed by atoms with Crippen LogP contribution in [-0.4, -0.2) is 40.5 Å². The number of likely N-dealkylation sites (tertiary alicyclic amines) is 1. The topological polar surface area (TPSA) is 57.3 Å². The van der Waals surface area contributed by atoms with Crippen LogP contribution in [0.3, 0.4) is 0 Å². The summed E-state index contributed by atoms with van der Waals surface area (Å²) in [4.78, 5) is 20.1. The first-order valence-corrected chi connectivity index (χ1v) is 14.2. The summed E-state index contributed by atoms with van der Waals surface area (Å²) in [5.74, 6) is 0.825. The first kappa shape index (κ1) is 26.3. The van der Waals surface area contributed by atoms with Crippen molar-refractivity contribution in [2.75, 3.05) is 25.0 Å². The lowest BCUT2D eigenvalue weighted by Crippen LogP contribution is -2.45. The second kappa shape index (κ2) is 12.5. The molecule has 0 radical (unpaired) electrons. The third-order valence-corrected chi connectivity index (χ3v) is 8.44. The molecule has 1 aliphatic heterocycles. The van der Waals surface area contributed by atoms with Gasteiger partial charge < -0.3 is 15.5 Å². The number of amides is 1. The minimum Gasteiger partial charge on any atom is -0.362 e. The van der Waals surface area contributed by atoms with Gasteiger partial charge in [-0.15, -0.1) is 11.3 Å². The number of carbonyl (C=O) groups excluding carboxylic acids is 1. The van der Waals surface area contributed by atoms with Crippen molar-refractivity contribution in [1.29, 1.82) is 0 Å². The molecule has 1 aromatic heterocycles. The lowest BCUT2D eigenvalue weighted by Gasteiger charge is -2.33. The van der Waals surface area contributed by atoms with Gasteiger partial charge in [-0.3, -0.25) is 4.79 Å². The summed E-state index contributed by atoms with van der Waals surface area (Å²) in [6.07, 6.45) is 4.15. The van der Waals surface area contributed by atoms with Crippen molar-refractivity contribution in [3.05, 3.63) is 70.2 Å². The van der Waals surface area contributed by atoms with E-state index in [1.165, 1.54) is 5.56 Å². The van der Waals surface area contributed by atoms with Gasteiger partial charge in [0.2, 0.25) is 0 Å². The monoisotopic (exact) mass is 520 g/mol. The maximum atomic E-state index is 13.1. The van der Waals surface area contributed by atoms with Gasteiger partial charge in [-0.05, 0) is 54.6 Å². The molecule has 2 aromatic carbocycles. The van der Waals surface area contributed by atoms with E-state index in [0.29, 0.717) is 17.5 Å². The van der Waals surface area contributed by atoms with E-state index in [-0.39, 0.29) is 5.91 Å². The van der Waals surface area contributed by atoms with E-state index in [0.717, 1.165) is 72.3 Å². The minimum absolute atomic E-state index is 0.164. The summed E-state index contributed by atoms with van der Waals surface area (Å²) in [5, 5.41) is 10.3. The number of benzene rings is 2. The van der Waals surface area contributed by atoms with E-state index in [4.69, 9.17) is 17.2 Å². The van der Waals surface area contributed by atoms with Gasteiger partial charge in [-0.25, -0.2) is 4.98 Å². The number of aromatic nitrogens is 1. The van der Waals surface area contributed by atoms with E-state index in [1.807, 2.05) is 29.6 Å². The number of carbonyl (C=O) groups is 1. The van der Waals surface area contributed by atoms with Gasteiger partial charge in [0.15, 0.2) is 5.11 Å². The van der Waals surface area contributed by atoms with Gasteiger partial charge >= 0.3 is 0 Å². The van der Waals surface area contributed by atoms with E-state index in [1.54, 1.807) is 11.3 Å².